The topological polar surface area (TPSA) is 96.9 Å². The summed E-state index contributed by atoms with van der Waals surface area (Å²) in [5.41, 5.74) is 1.50. The molecule has 1 amide bonds. The minimum atomic E-state index is -0.497. The Kier molecular flexibility index (Phi) is 10.3. The normalized spacial score (nSPS) is 11.6. The fourth-order valence-corrected chi connectivity index (χ4v) is 2.71. The first kappa shape index (κ1) is 25.0. The van der Waals surface area contributed by atoms with Gasteiger partial charge in [-0.3, -0.25) is 0 Å². The second-order valence-electron chi connectivity index (χ2n) is 8.15. The van der Waals surface area contributed by atoms with E-state index in [2.05, 4.69) is 25.9 Å². The van der Waals surface area contributed by atoms with E-state index in [0.717, 1.165) is 24.1 Å². The summed E-state index contributed by atoms with van der Waals surface area (Å²) in [6.07, 6.45) is 2.05. The average molecular weight is 442 g/mol. The van der Waals surface area contributed by atoms with Gasteiger partial charge in [0, 0.05) is 31.4 Å². The van der Waals surface area contributed by atoms with Crippen LogP contribution in [0.15, 0.2) is 53.7 Å². The number of guanidine groups is 1. The highest BCUT2D eigenvalue weighted by Crippen LogP contribution is 2.17. The molecule has 0 radical (unpaired) electrons. The van der Waals surface area contributed by atoms with E-state index in [0.29, 0.717) is 38.1 Å². The first-order valence-electron chi connectivity index (χ1n) is 11.0. The Hall–Kier alpha value is -3.29. The van der Waals surface area contributed by atoms with Gasteiger partial charge >= 0.3 is 6.09 Å². The molecule has 8 nitrogen and oxygen atoms in total. The van der Waals surface area contributed by atoms with E-state index in [1.165, 1.54) is 0 Å². The first-order chi connectivity index (χ1) is 15.4. The van der Waals surface area contributed by atoms with Crippen LogP contribution in [0.5, 0.6) is 5.88 Å². The smallest absolute Gasteiger partial charge is 0.407 e. The molecular formula is C24H35N5O3. The lowest BCUT2D eigenvalue weighted by atomic mass is 10.2. The van der Waals surface area contributed by atoms with Crippen molar-refractivity contribution in [1.29, 1.82) is 0 Å². The zero-order valence-electron chi connectivity index (χ0n) is 19.5. The molecule has 0 fully saturated rings. The molecule has 0 aliphatic carbocycles. The third kappa shape index (κ3) is 10.1. The molecule has 0 unspecified atom stereocenters. The maximum atomic E-state index is 11.7. The van der Waals surface area contributed by atoms with E-state index in [4.69, 9.17) is 9.47 Å². The van der Waals surface area contributed by atoms with Crippen LogP contribution in [0.2, 0.25) is 0 Å². The Morgan fingerprint density at radius 2 is 1.78 bits per heavy atom. The van der Waals surface area contributed by atoms with Crippen molar-refractivity contribution in [2.45, 2.75) is 52.9 Å². The number of hydrogen-bond donors (Lipinski definition) is 3. The molecule has 0 saturated heterocycles. The molecular weight excluding hydrogens is 406 g/mol. The summed E-state index contributed by atoms with van der Waals surface area (Å²) in [6.45, 7) is 10.3. The van der Waals surface area contributed by atoms with Crippen LogP contribution in [0.3, 0.4) is 0 Å². The van der Waals surface area contributed by atoms with Crippen LogP contribution >= 0.6 is 0 Å². The van der Waals surface area contributed by atoms with E-state index in [-0.39, 0.29) is 0 Å². The monoisotopic (exact) mass is 441 g/mol. The second-order valence-corrected chi connectivity index (χ2v) is 8.15. The molecule has 8 heteroatoms. The molecule has 2 aromatic rings. The molecule has 0 spiro atoms. The predicted octanol–water partition coefficient (Wildman–Crippen LogP) is 3.63. The van der Waals surface area contributed by atoms with Crippen LogP contribution in [0, 0.1) is 0 Å². The van der Waals surface area contributed by atoms with Gasteiger partial charge < -0.3 is 25.4 Å². The number of aliphatic imine (C=N–C) groups is 1. The Morgan fingerprint density at radius 1 is 1.03 bits per heavy atom. The van der Waals surface area contributed by atoms with E-state index in [1.54, 1.807) is 6.20 Å². The van der Waals surface area contributed by atoms with Crippen LogP contribution in [0.4, 0.5) is 4.79 Å². The molecule has 0 saturated carbocycles. The van der Waals surface area contributed by atoms with Gasteiger partial charge in [0.15, 0.2) is 5.96 Å². The molecule has 174 valence electrons. The Labute approximate surface area is 190 Å². The van der Waals surface area contributed by atoms with Gasteiger partial charge in [-0.2, -0.15) is 0 Å². The van der Waals surface area contributed by atoms with Crippen molar-refractivity contribution in [3.8, 4) is 5.88 Å². The standard InChI is InChI=1S/C24H35N5O3/c1-5-25-22(27-15-10-16-28-23(30)32-24(2,3)4)29-17-20-13-9-14-26-21(20)31-18-19-11-7-6-8-12-19/h6-9,11-14H,5,10,15-18H2,1-4H3,(H,28,30)(H2,25,27,29). The van der Waals surface area contributed by atoms with Crippen molar-refractivity contribution in [3.05, 3.63) is 59.8 Å². The number of ether oxygens (including phenoxy) is 2. The predicted molar refractivity (Wildman–Crippen MR) is 127 cm³/mol. The number of nitrogens with one attached hydrogen (secondary N) is 3. The third-order valence-corrected chi connectivity index (χ3v) is 4.13. The zero-order chi connectivity index (χ0) is 23.2. The highest BCUT2D eigenvalue weighted by Gasteiger charge is 2.15. The van der Waals surface area contributed by atoms with Crippen LogP contribution in [0.25, 0.3) is 0 Å². The molecule has 3 N–H and O–H groups in total. The van der Waals surface area contributed by atoms with E-state index < -0.39 is 11.7 Å². The molecule has 0 bridgehead atoms. The molecule has 1 heterocycles. The van der Waals surface area contributed by atoms with Crippen LogP contribution in [-0.2, 0) is 17.9 Å². The molecule has 1 aromatic carbocycles. The zero-order valence-corrected chi connectivity index (χ0v) is 19.5. The van der Waals surface area contributed by atoms with Crippen LogP contribution in [0.1, 0.15) is 45.2 Å². The summed E-state index contributed by atoms with van der Waals surface area (Å²) in [7, 11) is 0. The van der Waals surface area contributed by atoms with Crippen molar-refractivity contribution in [2.24, 2.45) is 4.99 Å². The highest BCUT2D eigenvalue weighted by molar-refractivity contribution is 5.79. The molecule has 1 aromatic heterocycles. The van der Waals surface area contributed by atoms with E-state index >= 15 is 0 Å². The third-order valence-electron chi connectivity index (χ3n) is 4.13. The number of pyridine rings is 1. The quantitative estimate of drug-likeness (QED) is 0.296. The molecule has 0 aliphatic rings. The average Bonchev–Trinajstić information content (AvgIpc) is 2.75. The fourth-order valence-electron chi connectivity index (χ4n) is 2.71. The molecule has 0 aliphatic heterocycles. The number of carbonyl (C=O) groups excluding carboxylic acids is 1. The van der Waals surface area contributed by atoms with Crippen molar-refractivity contribution in [1.82, 2.24) is 20.9 Å². The number of alkyl carbamates (subject to hydrolysis) is 1. The highest BCUT2D eigenvalue weighted by atomic mass is 16.6. The number of rotatable bonds is 10. The number of nitrogens with zero attached hydrogens (tertiary/aromatic N) is 2. The number of hydrogen-bond acceptors (Lipinski definition) is 5. The summed E-state index contributed by atoms with van der Waals surface area (Å²) in [5.74, 6) is 1.28. The van der Waals surface area contributed by atoms with Crippen molar-refractivity contribution >= 4 is 12.1 Å². The van der Waals surface area contributed by atoms with Gasteiger partial charge in [-0.1, -0.05) is 36.4 Å². The Bertz CT molecular complexity index is 850. The summed E-state index contributed by atoms with van der Waals surface area (Å²) in [6, 6.07) is 13.8. The van der Waals surface area contributed by atoms with Crippen LogP contribution < -0.4 is 20.7 Å². The van der Waals surface area contributed by atoms with Crippen LogP contribution in [-0.4, -0.2) is 42.3 Å². The largest absolute Gasteiger partial charge is 0.473 e. The molecule has 2 rings (SSSR count). The van der Waals surface area contributed by atoms with Gasteiger partial charge in [0.1, 0.15) is 12.2 Å². The number of benzene rings is 1. The number of carbonyl (C=O) groups is 1. The minimum absolute atomic E-state index is 0.405. The number of aromatic nitrogens is 1. The molecule has 0 atom stereocenters. The molecule has 32 heavy (non-hydrogen) atoms. The van der Waals surface area contributed by atoms with Gasteiger partial charge in [0.05, 0.1) is 6.54 Å². The lowest BCUT2D eigenvalue weighted by molar-refractivity contribution is 0.0527. The van der Waals surface area contributed by atoms with Gasteiger partial charge in [-0.05, 0) is 45.7 Å². The van der Waals surface area contributed by atoms with Gasteiger partial charge in [-0.15, -0.1) is 0 Å². The summed E-state index contributed by atoms with van der Waals surface area (Å²) < 4.78 is 11.1. The van der Waals surface area contributed by atoms with Gasteiger partial charge in [0.2, 0.25) is 5.88 Å². The SMILES string of the molecule is CCNC(=NCc1cccnc1OCc1ccccc1)NCCCNC(=O)OC(C)(C)C. The van der Waals surface area contributed by atoms with Gasteiger partial charge in [-0.25, -0.2) is 14.8 Å². The lowest BCUT2D eigenvalue weighted by Gasteiger charge is -2.19. The number of amides is 1. The Morgan fingerprint density at radius 3 is 2.50 bits per heavy atom. The summed E-state index contributed by atoms with van der Waals surface area (Å²) >= 11 is 0. The summed E-state index contributed by atoms with van der Waals surface area (Å²) in [4.78, 5) is 20.7. The fraction of sp³-hybridized carbons (Fsp3) is 0.458. The first-order valence-corrected chi connectivity index (χ1v) is 11.0. The lowest BCUT2D eigenvalue weighted by Crippen LogP contribution is -2.39. The maximum Gasteiger partial charge on any atom is 0.407 e. The second kappa shape index (κ2) is 13.2. The maximum absolute atomic E-state index is 11.7. The van der Waals surface area contributed by atoms with Crippen molar-refractivity contribution < 1.29 is 14.3 Å². The van der Waals surface area contributed by atoms with Gasteiger partial charge in [0.25, 0.3) is 0 Å². The van der Waals surface area contributed by atoms with Crippen molar-refractivity contribution in [2.75, 3.05) is 19.6 Å². The summed E-state index contributed by atoms with van der Waals surface area (Å²) in [5, 5.41) is 9.25. The van der Waals surface area contributed by atoms with Crippen molar-refractivity contribution in [3.63, 3.8) is 0 Å². The Balaban J connectivity index is 1.83. The van der Waals surface area contributed by atoms with E-state index in [1.807, 2.05) is 70.2 Å². The van der Waals surface area contributed by atoms with E-state index in [9.17, 15) is 4.79 Å². The minimum Gasteiger partial charge on any atom is -0.473 e.